The fourth-order valence-corrected chi connectivity index (χ4v) is 3.42. The molecule has 0 bridgehead atoms. The Morgan fingerprint density at radius 1 is 1.20 bits per heavy atom. The number of amides is 1. The molecule has 1 saturated heterocycles. The number of hydrogen-bond donors (Lipinski definition) is 1. The van der Waals surface area contributed by atoms with Crippen LogP contribution in [0.25, 0.3) is 0 Å². The number of phenols is 1. The SMILES string of the molecule is COc1ccc(OC)c(C2CCCN2C(=O)c2ccc(O)c(Cl)c2)c1. The third-order valence-corrected chi connectivity index (χ3v) is 4.81. The molecular weight excluding hydrogens is 342 g/mol. The van der Waals surface area contributed by atoms with Gasteiger partial charge in [-0.1, -0.05) is 11.6 Å². The van der Waals surface area contributed by atoms with Crippen LogP contribution in [0.1, 0.15) is 34.8 Å². The Bertz CT molecular complexity index is 793. The topological polar surface area (TPSA) is 59.0 Å². The maximum atomic E-state index is 13.0. The van der Waals surface area contributed by atoms with Gasteiger partial charge in [0.1, 0.15) is 17.2 Å². The molecule has 0 aliphatic carbocycles. The van der Waals surface area contributed by atoms with E-state index < -0.39 is 0 Å². The lowest BCUT2D eigenvalue weighted by molar-refractivity contribution is 0.0734. The van der Waals surface area contributed by atoms with Crippen LogP contribution in [-0.4, -0.2) is 36.7 Å². The summed E-state index contributed by atoms with van der Waals surface area (Å²) < 4.78 is 10.8. The molecule has 1 N–H and O–H groups in total. The van der Waals surface area contributed by atoms with Crippen molar-refractivity contribution in [2.75, 3.05) is 20.8 Å². The van der Waals surface area contributed by atoms with Gasteiger partial charge in [-0.2, -0.15) is 0 Å². The Balaban J connectivity index is 1.95. The van der Waals surface area contributed by atoms with Gasteiger partial charge in [0.15, 0.2) is 0 Å². The van der Waals surface area contributed by atoms with Gasteiger partial charge in [0.05, 0.1) is 25.3 Å². The summed E-state index contributed by atoms with van der Waals surface area (Å²) in [5.41, 5.74) is 1.38. The fourth-order valence-electron chi connectivity index (χ4n) is 3.24. The van der Waals surface area contributed by atoms with Crippen LogP contribution < -0.4 is 9.47 Å². The molecule has 0 saturated carbocycles. The van der Waals surface area contributed by atoms with Crippen molar-refractivity contribution < 1.29 is 19.4 Å². The van der Waals surface area contributed by atoms with Gasteiger partial charge in [0.2, 0.25) is 0 Å². The van der Waals surface area contributed by atoms with Crippen molar-refractivity contribution in [3.63, 3.8) is 0 Å². The second-order valence-corrected chi connectivity index (χ2v) is 6.34. The molecule has 0 aromatic heterocycles. The first-order valence-electron chi connectivity index (χ1n) is 8.06. The van der Waals surface area contributed by atoms with Crippen molar-refractivity contribution >= 4 is 17.5 Å². The van der Waals surface area contributed by atoms with Crippen LogP contribution in [0.15, 0.2) is 36.4 Å². The monoisotopic (exact) mass is 361 g/mol. The fraction of sp³-hybridized carbons (Fsp3) is 0.316. The quantitative estimate of drug-likeness (QED) is 0.892. The molecule has 25 heavy (non-hydrogen) atoms. The number of phenolic OH excluding ortho intramolecular Hbond substituents is 1. The average molecular weight is 362 g/mol. The number of rotatable bonds is 4. The molecule has 1 amide bonds. The highest BCUT2D eigenvalue weighted by molar-refractivity contribution is 6.32. The molecule has 1 atom stereocenters. The number of nitrogens with zero attached hydrogens (tertiary/aromatic N) is 1. The normalized spacial score (nSPS) is 16.8. The largest absolute Gasteiger partial charge is 0.506 e. The van der Waals surface area contributed by atoms with E-state index in [2.05, 4.69) is 0 Å². The Kier molecular flexibility index (Phi) is 5.04. The van der Waals surface area contributed by atoms with Crippen LogP contribution >= 0.6 is 11.6 Å². The van der Waals surface area contributed by atoms with Gasteiger partial charge in [-0.15, -0.1) is 0 Å². The van der Waals surface area contributed by atoms with Gasteiger partial charge in [-0.05, 0) is 49.2 Å². The molecule has 0 spiro atoms. The average Bonchev–Trinajstić information content (AvgIpc) is 3.12. The summed E-state index contributed by atoms with van der Waals surface area (Å²) in [5.74, 6) is 1.30. The smallest absolute Gasteiger partial charge is 0.254 e. The molecule has 3 rings (SSSR count). The van der Waals surface area contributed by atoms with Crippen molar-refractivity contribution in [2.45, 2.75) is 18.9 Å². The molecule has 1 aliphatic rings. The van der Waals surface area contributed by atoms with E-state index >= 15 is 0 Å². The summed E-state index contributed by atoms with van der Waals surface area (Å²) in [4.78, 5) is 14.8. The first-order chi connectivity index (χ1) is 12.0. The number of methoxy groups -OCH3 is 2. The minimum Gasteiger partial charge on any atom is -0.506 e. The standard InChI is InChI=1S/C19H20ClNO4/c1-24-13-6-8-18(25-2)14(11-13)16-4-3-9-21(16)19(23)12-5-7-17(22)15(20)10-12/h5-8,10-11,16,22H,3-4,9H2,1-2H3. The van der Waals surface area contributed by atoms with Gasteiger partial charge in [0.25, 0.3) is 5.91 Å². The number of aromatic hydroxyl groups is 1. The predicted octanol–water partition coefficient (Wildman–Crippen LogP) is 4.04. The maximum absolute atomic E-state index is 13.0. The molecule has 2 aromatic carbocycles. The second-order valence-electron chi connectivity index (χ2n) is 5.93. The second kappa shape index (κ2) is 7.23. The number of carbonyl (C=O) groups is 1. The molecule has 6 heteroatoms. The lowest BCUT2D eigenvalue weighted by Gasteiger charge is -2.27. The number of carbonyl (C=O) groups excluding carboxylic acids is 1. The maximum Gasteiger partial charge on any atom is 0.254 e. The van der Waals surface area contributed by atoms with Gasteiger partial charge < -0.3 is 19.5 Å². The lowest BCUT2D eigenvalue weighted by atomic mass is 10.0. The minimum atomic E-state index is -0.116. The first-order valence-corrected chi connectivity index (χ1v) is 8.44. The first kappa shape index (κ1) is 17.4. The highest BCUT2D eigenvalue weighted by atomic mass is 35.5. The summed E-state index contributed by atoms with van der Waals surface area (Å²) in [5, 5.41) is 9.73. The number of likely N-dealkylation sites (tertiary alicyclic amines) is 1. The van der Waals surface area contributed by atoms with E-state index in [0.29, 0.717) is 12.1 Å². The number of benzene rings is 2. The third kappa shape index (κ3) is 3.37. The summed E-state index contributed by atoms with van der Waals surface area (Å²) >= 11 is 5.95. The molecule has 2 aromatic rings. The zero-order chi connectivity index (χ0) is 18.0. The van der Waals surface area contributed by atoms with Gasteiger partial charge >= 0.3 is 0 Å². The van der Waals surface area contributed by atoms with Crippen LogP contribution in [0.3, 0.4) is 0 Å². The highest BCUT2D eigenvalue weighted by Gasteiger charge is 2.33. The Morgan fingerprint density at radius 2 is 2.00 bits per heavy atom. The lowest BCUT2D eigenvalue weighted by Crippen LogP contribution is -2.30. The van der Waals surface area contributed by atoms with E-state index in [0.717, 1.165) is 29.9 Å². The molecule has 1 unspecified atom stereocenters. The number of hydrogen-bond acceptors (Lipinski definition) is 4. The van der Waals surface area contributed by atoms with Crippen LogP contribution in [-0.2, 0) is 0 Å². The molecule has 1 aliphatic heterocycles. The van der Waals surface area contributed by atoms with Crippen molar-refractivity contribution in [3.05, 3.63) is 52.5 Å². The zero-order valence-electron chi connectivity index (χ0n) is 14.2. The zero-order valence-corrected chi connectivity index (χ0v) is 14.9. The highest BCUT2D eigenvalue weighted by Crippen LogP contribution is 2.39. The molecular formula is C19H20ClNO4. The summed E-state index contributed by atoms with van der Waals surface area (Å²) in [6.07, 6.45) is 1.75. The molecule has 5 nitrogen and oxygen atoms in total. The Hall–Kier alpha value is -2.40. The van der Waals surface area contributed by atoms with E-state index in [1.165, 1.54) is 12.1 Å². The van der Waals surface area contributed by atoms with Crippen molar-refractivity contribution in [2.24, 2.45) is 0 Å². The molecule has 132 valence electrons. The van der Waals surface area contributed by atoms with Gasteiger partial charge in [0, 0.05) is 17.7 Å². The van der Waals surface area contributed by atoms with Crippen molar-refractivity contribution in [1.29, 1.82) is 0 Å². The minimum absolute atomic E-state index is 0.0364. The van der Waals surface area contributed by atoms with E-state index in [1.54, 1.807) is 20.3 Å². The van der Waals surface area contributed by atoms with Crippen LogP contribution in [0.4, 0.5) is 0 Å². The van der Waals surface area contributed by atoms with E-state index in [4.69, 9.17) is 21.1 Å². The van der Waals surface area contributed by atoms with Crippen molar-refractivity contribution in [1.82, 2.24) is 4.90 Å². The van der Waals surface area contributed by atoms with E-state index in [-0.39, 0.29) is 22.7 Å². The van der Waals surface area contributed by atoms with Crippen LogP contribution in [0.2, 0.25) is 5.02 Å². The molecule has 1 fully saturated rings. The third-order valence-electron chi connectivity index (χ3n) is 4.50. The van der Waals surface area contributed by atoms with Crippen molar-refractivity contribution in [3.8, 4) is 17.2 Å². The van der Waals surface area contributed by atoms with Gasteiger partial charge in [-0.25, -0.2) is 0 Å². The predicted molar refractivity (Wildman–Crippen MR) is 95.7 cm³/mol. The van der Waals surface area contributed by atoms with E-state index in [1.807, 2.05) is 23.1 Å². The van der Waals surface area contributed by atoms with Gasteiger partial charge in [-0.3, -0.25) is 4.79 Å². The van der Waals surface area contributed by atoms with E-state index in [9.17, 15) is 9.90 Å². The number of ether oxygens (including phenoxy) is 2. The van der Waals surface area contributed by atoms with Crippen LogP contribution in [0.5, 0.6) is 17.2 Å². The molecule has 0 radical (unpaired) electrons. The number of halogens is 1. The van der Waals surface area contributed by atoms with Crippen LogP contribution in [0, 0.1) is 0 Å². The molecule has 1 heterocycles. The Labute approximate surface area is 151 Å². The Morgan fingerprint density at radius 3 is 2.68 bits per heavy atom. The summed E-state index contributed by atoms with van der Waals surface area (Å²) in [7, 11) is 3.23. The summed E-state index contributed by atoms with van der Waals surface area (Å²) in [6, 6.07) is 10.0. The summed E-state index contributed by atoms with van der Waals surface area (Å²) in [6.45, 7) is 0.655.